The lowest BCUT2D eigenvalue weighted by molar-refractivity contribution is -0.128. The highest BCUT2D eigenvalue weighted by molar-refractivity contribution is 6.44. The monoisotopic (exact) mass is 694 g/mol. The molecule has 3 N–H and O–H groups in total. The Labute approximate surface area is 294 Å². The van der Waals surface area contributed by atoms with E-state index in [9.17, 15) is 14.4 Å². The largest absolute Gasteiger partial charge is 0.483 e. The first kappa shape index (κ1) is 37.1. The number of ether oxygens (including phenoxy) is 1. The molecule has 1 aliphatic rings. The zero-order valence-corrected chi connectivity index (χ0v) is 29.8. The lowest BCUT2D eigenvalue weighted by Gasteiger charge is -2.38. The van der Waals surface area contributed by atoms with E-state index in [-0.39, 0.29) is 36.4 Å². The molecule has 1 aliphatic heterocycles. The first-order chi connectivity index (χ1) is 23.0. The van der Waals surface area contributed by atoms with Crippen molar-refractivity contribution in [2.24, 2.45) is 11.8 Å². The van der Waals surface area contributed by atoms with Gasteiger partial charge in [0.05, 0.1) is 0 Å². The van der Waals surface area contributed by atoms with Crippen LogP contribution in [0.4, 0.5) is 4.79 Å². The van der Waals surface area contributed by atoms with E-state index in [0.29, 0.717) is 38.1 Å². The number of halogens is 2. The van der Waals surface area contributed by atoms with Gasteiger partial charge in [0, 0.05) is 31.1 Å². The molecule has 0 aliphatic carbocycles. The molecular weight excluding hydrogens is 647 g/mol. The van der Waals surface area contributed by atoms with E-state index in [4.69, 9.17) is 27.9 Å². The molecule has 3 aromatic rings. The molecule has 0 spiro atoms. The highest BCUT2D eigenvalue weighted by Crippen LogP contribution is 2.29. The number of urea groups is 1. The molecule has 4 atom stereocenters. The number of hydrogen-bond donors (Lipinski definition) is 3. The Morgan fingerprint density at radius 1 is 0.875 bits per heavy atom. The predicted octanol–water partition coefficient (Wildman–Crippen LogP) is 6.39. The summed E-state index contributed by atoms with van der Waals surface area (Å²) in [7, 11) is 0. The lowest BCUT2D eigenvalue weighted by Crippen LogP contribution is -2.59. The minimum atomic E-state index is -0.859. The second kappa shape index (κ2) is 18.1. The van der Waals surface area contributed by atoms with E-state index in [2.05, 4.69) is 16.0 Å². The van der Waals surface area contributed by atoms with E-state index in [1.165, 1.54) is 0 Å². The van der Waals surface area contributed by atoms with Crippen LogP contribution >= 0.6 is 23.2 Å². The number of hydrogen-bond acceptors (Lipinski definition) is 4. The maximum absolute atomic E-state index is 14.0. The minimum Gasteiger partial charge on any atom is -0.483 e. The highest BCUT2D eigenvalue weighted by atomic mass is 35.5. The smallest absolute Gasteiger partial charge is 0.318 e. The van der Waals surface area contributed by atoms with Crippen LogP contribution in [0.25, 0.3) is 0 Å². The summed E-state index contributed by atoms with van der Waals surface area (Å²) < 4.78 is 5.98. The lowest BCUT2D eigenvalue weighted by atomic mass is 9.87. The molecule has 48 heavy (non-hydrogen) atoms. The van der Waals surface area contributed by atoms with Gasteiger partial charge in [-0.05, 0) is 67.7 Å². The number of amides is 4. The molecule has 0 saturated carbocycles. The molecule has 8 nitrogen and oxygen atoms in total. The third-order valence-electron chi connectivity index (χ3n) is 8.82. The van der Waals surface area contributed by atoms with Crippen LogP contribution in [0.2, 0.25) is 0 Å². The van der Waals surface area contributed by atoms with Crippen molar-refractivity contribution < 1.29 is 19.1 Å². The number of alkyl halides is 2. The second-order valence-electron chi connectivity index (χ2n) is 13.0. The molecular formula is C38H48Cl2N4O4. The Bertz CT molecular complexity index is 1470. The van der Waals surface area contributed by atoms with Gasteiger partial charge in [0.25, 0.3) is 5.91 Å². The van der Waals surface area contributed by atoms with Gasteiger partial charge >= 0.3 is 6.03 Å². The van der Waals surface area contributed by atoms with Crippen LogP contribution in [0.3, 0.4) is 0 Å². The third kappa shape index (κ3) is 10.6. The maximum Gasteiger partial charge on any atom is 0.318 e. The molecule has 4 rings (SSSR count). The van der Waals surface area contributed by atoms with Gasteiger partial charge in [-0.15, -0.1) is 23.2 Å². The van der Waals surface area contributed by atoms with Gasteiger partial charge in [0.2, 0.25) is 5.91 Å². The third-order valence-corrected chi connectivity index (χ3v) is 9.47. The average Bonchev–Trinajstić information content (AvgIpc) is 3.04. The fourth-order valence-corrected chi connectivity index (χ4v) is 7.01. The molecule has 0 bridgehead atoms. The molecule has 1 heterocycles. The molecule has 1 saturated heterocycles. The fourth-order valence-electron chi connectivity index (χ4n) is 6.46. The van der Waals surface area contributed by atoms with Gasteiger partial charge in [0.15, 0.2) is 6.61 Å². The first-order valence-corrected chi connectivity index (χ1v) is 17.6. The summed E-state index contributed by atoms with van der Waals surface area (Å²) >= 11 is 13.5. The molecule has 0 aromatic heterocycles. The summed E-state index contributed by atoms with van der Waals surface area (Å²) in [5.41, 5.74) is 3.94. The van der Waals surface area contributed by atoms with E-state index >= 15 is 0 Å². The molecule has 0 unspecified atom stereocenters. The van der Waals surface area contributed by atoms with Crippen molar-refractivity contribution in [1.82, 2.24) is 20.9 Å². The van der Waals surface area contributed by atoms with E-state index in [1.807, 2.05) is 107 Å². The quantitative estimate of drug-likeness (QED) is 0.151. The number of carbonyl (C=O) groups excluding carboxylic acids is 3. The number of rotatable bonds is 16. The van der Waals surface area contributed by atoms with Crippen molar-refractivity contribution in [2.75, 3.05) is 19.7 Å². The summed E-state index contributed by atoms with van der Waals surface area (Å²) in [4.78, 5) is 41.0. The summed E-state index contributed by atoms with van der Waals surface area (Å²) in [5, 5.41) is 9.30. The SMILES string of the molecule is Cc1cccc(C)c1OCC(=O)N[C@@H](Cc1ccccc1)[C@H](C[C@@H](Cc1ccccc1)NC(=O)[C@H](C(C)C)N1CCCNC1=O)C(Cl)Cl. The van der Waals surface area contributed by atoms with Crippen LogP contribution in [0, 0.1) is 25.7 Å². The fraction of sp³-hybridized carbons (Fsp3) is 0.447. The Morgan fingerprint density at radius 2 is 1.48 bits per heavy atom. The van der Waals surface area contributed by atoms with Gasteiger partial charge in [0.1, 0.15) is 16.6 Å². The van der Waals surface area contributed by atoms with Crippen molar-refractivity contribution >= 4 is 41.0 Å². The summed E-state index contributed by atoms with van der Waals surface area (Å²) in [6.45, 7) is 8.72. The van der Waals surface area contributed by atoms with Crippen molar-refractivity contribution in [3.05, 3.63) is 101 Å². The first-order valence-electron chi connectivity index (χ1n) is 16.7. The predicted molar refractivity (Wildman–Crippen MR) is 193 cm³/mol. The maximum atomic E-state index is 14.0. The van der Waals surface area contributed by atoms with Gasteiger partial charge in [-0.25, -0.2) is 4.79 Å². The van der Waals surface area contributed by atoms with Crippen LogP contribution < -0.4 is 20.7 Å². The Hall–Kier alpha value is -3.75. The standard InChI is InChI=1S/C38H48Cl2N4O4/c1-25(2)34(44-20-12-19-41-38(44)47)37(46)42-30(21-28-15-7-5-8-16-28)23-31(36(39)40)32(22-29-17-9-6-10-18-29)43-33(45)24-48-35-26(3)13-11-14-27(35)4/h5-11,13-18,25,30-32,34,36H,12,19-24H2,1-4H3,(H,41,47)(H,42,46)(H,43,45)/t30-,31+,32+,34+/m1/s1. The molecule has 4 amide bonds. The Morgan fingerprint density at radius 3 is 2.04 bits per heavy atom. The van der Waals surface area contributed by atoms with Gasteiger partial charge in [-0.1, -0.05) is 92.7 Å². The highest BCUT2D eigenvalue weighted by Gasteiger charge is 2.37. The molecule has 0 radical (unpaired) electrons. The zero-order chi connectivity index (χ0) is 34.6. The second-order valence-corrected chi connectivity index (χ2v) is 14.1. The molecule has 3 aromatic carbocycles. The van der Waals surface area contributed by atoms with Crippen LogP contribution in [0.1, 0.15) is 48.9 Å². The normalized spacial score (nSPS) is 15.8. The van der Waals surface area contributed by atoms with E-state index < -0.39 is 22.8 Å². The number of aryl methyl sites for hydroxylation is 2. The number of carbonyl (C=O) groups is 3. The number of para-hydroxylation sites is 1. The van der Waals surface area contributed by atoms with E-state index in [1.54, 1.807) is 4.90 Å². The van der Waals surface area contributed by atoms with Crippen molar-refractivity contribution in [1.29, 1.82) is 0 Å². The number of benzene rings is 3. The van der Waals surface area contributed by atoms with Crippen molar-refractivity contribution in [2.45, 2.75) is 76.3 Å². The molecule has 1 fully saturated rings. The topological polar surface area (TPSA) is 99.8 Å². The van der Waals surface area contributed by atoms with Crippen LogP contribution in [0.5, 0.6) is 5.75 Å². The number of nitrogens with one attached hydrogen (secondary N) is 3. The van der Waals surface area contributed by atoms with Crippen LogP contribution in [-0.2, 0) is 22.4 Å². The Balaban J connectivity index is 1.59. The van der Waals surface area contributed by atoms with E-state index in [0.717, 1.165) is 28.7 Å². The van der Waals surface area contributed by atoms with Crippen molar-refractivity contribution in [3.63, 3.8) is 0 Å². The average molecular weight is 696 g/mol. The van der Waals surface area contributed by atoms with Crippen LogP contribution in [0.15, 0.2) is 78.9 Å². The zero-order valence-electron chi connectivity index (χ0n) is 28.3. The summed E-state index contributed by atoms with van der Waals surface area (Å²) in [6.07, 6.45) is 2.14. The summed E-state index contributed by atoms with van der Waals surface area (Å²) in [6, 6.07) is 23.9. The van der Waals surface area contributed by atoms with Gasteiger partial charge in [-0.2, -0.15) is 0 Å². The summed E-state index contributed by atoms with van der Waals surface area (Å²) in [5.74, 6) is -0.394. The molecule has 258 valence electrons. The Kier molecular flexibility index (Phi) is 14.0. The number of nitrogens with zero attached hydrogens (tertiary/aromatic N) is 1. The van der Waals surface area contributed by atoms with Crippen LogP contribution in [-0.4, -0.2) is 65.4 Å². The van der Waals surface area contributed by atoms with Crippen molar-refractivity contribution in [3.8, 4) is 5.75 Å². The molecule has 10 heteroatoms. The van der Waals surface area contributed by atoms with Gasteiger partial charge < -0.3 is 25.6 Å². The minimum absolute atomic E-state index is 0.113. The van der Waals surface area contributed by atoms with Gasteiger partial charge in [-0.3, -0.25) is 9.59 Å².